The molecular formula is C22H24N2O5. The molecule has 0 aliphatic carbocycles. The number of nitrogens with one attached hydrogen (secondary N) is 2. The summed E-state index contributed by atoms with van der Waals surface area (Å²) in [6.45, 7) is 1.80. The Morgan fingerprint density at radius 2 is 1.59 bits per heavy atom. The number of rotatable bonds is 8. The van der Waals surface area contributed by atoms with E-state index in [2.05, 4.69) is 10.2 Å². The number of Topliss-reactive ketones (excluding diaryl/α,β-unsaturated/α-hetero) is 1. The molecule has 7 heteroatoms. The molecule has 0 spiro atoms. The van der Waals surface area contributed by atoms with Crippen molar-refractivity contribution in [1.82, 2.24) is 10.2 Å². The number of methoxy groups -OCH3 is 3. The van der Waals surface area contributed by atoms with Crippen LogP contribution in [0.15, 0.2) is 47.3 Å². The molecule has 1 heterocycles. The molecule has 3 rings (SSSR count). The van der Waals surface area contributed by atoms with Gasteiger partial charge in [0.1, 0.15) is 0 Å². The molecule has 0 aliphatic heterocycles. The fourth-order valence-electron chi connectivity index (χ4n) is 3.49. The lowest BCUT2D eigenvalue weighted by atomic mass is 9.85. The van der Waals surface area contributed by atoms with Crippen LogP contribution in [-0.2, 0) is 0 Å². The molecule has 0 saturated carbocycles. The van der Waals surface area contributed by atoms with Crippen LogP contribution in [0.1, 0.15) is 39.5 Å². The molecule has 2 N–H and O–H groups in total. The highest BCUT2D eigenvalue weighted by Crippen LogP contribution is 2.42. The number of H-pyrrole nitrogens is 2. The Balaban J connectivity index is 2.14. The average Bonchev–Trinajstić information content (AvgIpc) is 3.09. The predicted octanol–water partition coefficient (Wildman–Crippen LogP) is 3.44. The minimum atomic E-state index is -0.494. The fourth-order valence-corrected chi connectivity index (χ4v) is 3.49. The van der Waals surface area contributed by atoms with Gasteiger partial charge in [-0.05, 0) is 24.6 Å². The molecule has 0 bridgehead atoms. The first-order chi connectivity index (χ1) is 14.0. The van der Waals surface area contributed by atoms with E-state index in [1.54, 1.807) is 31.2 Å². The first-order valence-electron chi connectivity index (χ1n) is 9.15. The van der Waals surface area contributed by atoms with E-state index in [1.807, 2.05) is 18.2 Å². The molecule has 7 nitrogen and oxygen atoms in total. The van der Waals surface area contributed by atoms with Crippen LogP contribution in [0, 0.1) is 6.92 Å². The molecule has 2 aromatic carbocycles. The SMILES string of the molecule is COc1cc(C(CC(=O)c2ccccc2)c2c(C)[nH][nH]c2=O)cc(OC)c1OC. The third-order valence-electron chi connectivity index (χ3n) is 4.94. The van der Waals surface area contributed by atoms with E-state index in [-0.39, 0.29) is 17.8 Å². The fraction of sp³-hybridized carbons (Fsp3) is 0.273. The Morgan fingerprint density at radius 1 is 0.966 bits per heavy atom. The van der Waals surface area contributed by atoms with Gasteiger partial charge in [0.25, 0.3) is 5.56 Å². The average molecular weight is 396 g/mol. The van der Waals surface area contributed by atoms with E-state index < -0.39 is 5.92 Å². The first-order valence-corrected chi connectivity index (χ1v) is 9.15. The van der Waals surface area contributed by atoms with E-state index in [0.29, 0.717) is 34.1 Å². The zero-order valence-corrected chi connectivity index (χ0v) is 16.9. The summed E-state index contributed by atoms with van der Waals surface area (Å²) in [5, 5.41) is 5.44. The van der Waals surface area contributed by atoms with Gasteiger partial charge in [0.2, 0.25) is 5.75 Å². The van der Waals surface area contributed by atoms with Gasteiger partial charge < -0.3 is 19.3 Å². The monoisotopic (exact) mass is 396 g/mol. The van der Waals surface area contributed by atoms with E-state index in [9.17, 15) is 9.59 Å². The molecule has 0 radical (unpaired) electrons. The highest BCUT2D eigenvalue weighted by atomic mass is 16.5. The predicted molar refractivity (Wildman–Crippen MR) is 109 cm³/mol. The summed E-state index contributed by atoms with van der Waals surface area (Å²) in [5.74, 6) is 0.814. The second-order valence-electron chi connectivity index (χ2n) is 6.62. The van der Waals surface area contributed by atoms with Gasteiger partial charge >= 0.3 is 0 Å². The van der Waals surface area contributed by atoms with E-state index in [4.69, 9.17) is 14.2 Å². The van der Waals surface area contributed by atoms with Crippen LogP contribution >= 0.6 is 0 Å². The molecule has 1 unspecified atom stereocenters. The van der Waals surface area contributed by atoms with Crippen molar-refractivity contribution in [2.24, 2.45) is 0 Å². The number of ether oxygens (including phenoxy) is 3. The molecular weight excluding hydrogens is 372 g/mol. The van der Waals surface area contributed by atoms with Crippen LogP contribution in [0.2, 0.25) is 0 Å². The van der Waals surface area contributed by atoms with E-state index in [1.165, 1.54) is 21.3 Å². The van der Waals surface area contributed by atoms with Crippen molar-refractivity contribution < 1.29 is 19.0 Å². The number of aromatic amines is 2. The third kappa shape index (κ3) is 4.03. The number of carbonyl (C=O) groups is 1. The lowest BCUT2D eigenvalue weighted by Crippen LogP contribution is -2.17. The second-order valence-corrected chi connectivity index (χ2v) is 6.62. The molecule has 0 fully saturated rings. The molecule has 0 amide bonds. The quantitative estimate of drug-likeness (QED) is 0.569. The minimum absolute atomic E-state index is 0.0654. The van der Waals surface area contributed by atoms with Gasteiger partial charge in [-0.15, -0.1) is 0 Å². The number of benzene rings is 2. The maximum atomic E-state index is 13.0. The highest BCUT2D eigenvalue weighted by molar-refractivity contribution is 5.96. The number of ketones is 1. The van der Waals surface area contributed by atoms with Crippen LogP contribution < -0.4 is 19.8 Å². The molecule has 1 atom stereocenters. The van der Waals surface area contributed by atoms with Crippen molar-refractivity contribution in [3.8, 4) is 17.2 Å². The van der Waals surface area contributed by atoms with Crippen LogP contribution in [0.5, 0.6) is 17.2 Å². The lowest BCUT2D eigenvalue weighted by molar-refractivity contribution is 0.0977. The van der Waals surface area contributed by atoms with E-state index in [0.717, 1.165) is 5.56 Å². The Kier molecular flexibility index (Phi) is 6.07. The zero-order chi connectivity index (χ0) is 21.0. The van der Waals surface area contributed by atoms with Crippen molar-refractivity contribution >= 4 is 5.78 Å². The molecule has 152 valence electrons. The summed E-state index contributed by atoms with van der Waals surface area (Å²) in [6, 6.07) is 12.6. The number of hydrogen-bond donors (Lipinski definition) is 2. The summed E-state index contributed by atoms with van der Waals surface area (Å²) in [6.07, 6.45) is 0.116. The van der Waals surface area contributed by atoms with Gasteiger partial charge in [0, 0.05) is 29.2 Å². The Bertz CT molecular complexity index is 1030. The highest BCUT2D eigenvalue weighted by Gasteiger charge is 2.27. The topological polar surface area (TPSA) is 93.4 Å². The molecule has 29 heavy (non-hydrogen) atoms. The van der Waals surface area contributed by atoms with Gasteiger partial charge in [0.05, 0.1) is 21.3 Å². The summed E-state index contributed by atoms with van der Waals surface area (Å²) in [4.78, 5) is 25.5. The standard InChI is InChI=1S/C22H24N2O5/c1-13-20(22(26)24-23-13)16(12-17(25)14-8-6-5-7-9-14)15-10-18(27-2)21(29-4)19(11-15)28-3/h5-11,16H,12H2,1-4H3,(H2,23,24,26). The van der Waals surface area contributed by atoms with Crippen LogP contribution in [-0.4, -0.2) is 37.3 Å². The maximum absolute atomic E-state index is 13.0. The molecule has 1 aromatic heterocycles. The van der Waals surface area contributed by atoms with Crippen molar-refractivity contribution in [2.75, 3.05) is 21.3 Å². The second kappa shape index (κ2) is 8.68. The van der Waals surface area contributed by atoms with Crippen molar-refractivity contribution in [1.29, 1.82) is 0 Å². The van der Waals surface area contributed by atoms with Crippen molar-refractivity contribution in [3.05, 3.63) is 75.2 Å². The molecule has 0 saturated heterocycles. The van der Waals surface area contributed by atoms with Crippen LogP contribution in [0.3, 0.4) is 0 Å². The molecule has 3 aromatic rings. The normalized spacial score (nSPS) is 11.7. The van der Waals surface area contributed by atoms with Crippen molar-refractivity contribution in [2.45, 2.75) is 19.3 Å². The van der Waals surface area contributed by atoms with Gasteiger partial charge in [0.15, 0.2) is 17.3 Å². The Hall–Kier alpha value is -3.48. The number of aromatic nitrogens is 2. The van der Waals surface area contributed by atoms with Gasteiger partial charge in [-0.3, -0.25) is 14.7 Å². The van der Waals surface area contributed by atoms with Crippen molar-refractivity contribution in [3.63, 3.8) is 0 Å². The van der Waals surface area contributed by atoms with Gasteiger partial charge in [-0.25, -0.2) is 0 Å². The van der Waals surface area contributed by atoms with E-state index >= 15 is 0 Å². The number of carbonyl (C=O) groups excluding carboxylic acids is 1. The van der Waals surface area contributed by atoms with Gasteiger partial charge in [-0.1, -0.05) is 30.3 Å². The summed E-state index contributed by atoms with van der Waals surface area (Å²) < 4.78 is 16.3. The maximum Gasteiger partial charge on any atom is 0.267 e. The number of hydrogen-bond acceptors (Lipinski definition) is 5. The smallest absolute Gasteiger partial charge is 0.267 e. The lowest BCUT2D eigenvalue weighted by Gasteiger charge is -2.20. The minimum Gasteiger partial charge on any atom is -0.493 e. The zero-order valence-electron chi connectivity index (χ0n) is 16.9. The molecule has 0 aliphatic rings. The van der Waals surface area contributed by atoms with Crippen LogP contribution in [0.25, 0.3) is 0 Å². The van der Waals surface area contributed by atoms with Crippen LogP contribution in [0.4, 0.5) is 0 Å². The Labute approximate surface area is 168 Å². The van der Waals surface area contributed by atoms with Gasteiger partial charge in [-0.2, -0.15) is 0 Å². The summed E-state index contributed by atoms with van der Waals surface area (Å²) in [5.41, 5.74) is 2.23. The third-order valence-corrected chi connectivity index (χ3v) is 4.94. The number of aryl methyl sites for hydroxylation is 1. The first kappa shape index (κ1) is 20.3. The largest absolute Gasteiger partial charge is 0.493 e. The summed E-state index contributed by atoms with van der Waals surface area (Å²) >= 11 is 0. The summed E-state index contributed by atoms with van der Waals surface area (Å²) in [7, 11) is 4.58. The Morgan fingerprint density at radius 3 is 2.07 bits per heavy atom.